The first kappa shape index (κ1) is 16.8. The summed E-state index contributed by atoms with van der Waals surface area (Å²) in [5.41, 5.74) is 1.93. The number of sulfone groups is 1. The van der Waals surface area contributed by atoms with Crippen molar-refractivity contribution in [1.29, 1.82) is 0 Å². The van der Waals surface area contributed by atoms with E-state index in [0.717, 1.165) is 29.7 Å². The quantitative estimate of drug-likeness (QED) is 0.713. The van der Waals surface area contributed by atoms with Gasteiger partial charge in [0.2, 0.25) is 9.84 Å². The summed E-state index contributed by atoms with van der Waals surface area (Å²) in [6.45, 7) is 1.48. The van der Waals surface area contributed by atoms with Gasteiger partial charge in [-0.15, -0.1) is 0 Å². The van der Waals surface area contributed by atoms with E-state index >= 15 is 0 Å². The summed E-state index contributed by atoms with van der Waals surface area (Å²) >= 11 is 0. The van der Waals surface area contributed by atoms with Gasteiger partial charge in [-0.2, -0.15) is 0 Å². The van der Waals surface area contributed by atoms with Crippen LogP contribution >= 0.6 is 0 Å². The van der Waals surface area contributed by atoms with Gasteiger partial charge in [0.05, 0.1) is 29.0 Å². The first-order chi connectivity index (χ1) is 12.5. The maximum absolute atomic E-state index is 13.0. The third kappa shape index (κ3) is 2.69. The fourth-order valence-corrected chi connectivity index (χ4v) is 4.55. The van der Waals surface area contributed by atoms with Crippen LogP contribution in [0.5, 0.6) is 0 Å². The van der Waals surface area contributed by atoms with Crippen molar-refractivity contribution < 1.29 is 22.4 Å². The van der Waals surface area contributed by atoms with Crippen molar-refractivity contribution in [3.63, 3.8) is 0 Å². The van der Waals surface area contributed by atoms with Crippen molar-refractivity contribution in [3.8, 4) is 0 Å². The van der Waals surface area contributed by atoms with Crippen LogP contribution in [0.4, 0.5) is 0 Å². The summed E-state index contributed by atoms with van der Waals surface area (Å²) < 4.78 is 36.5. The van der Waals surface area contributed by atoms with Crippen LogP contribution in [0, 0.1) is 0 Å². The number of benzene rings is 2. The largest absolute Gasteiger partial charge is 0.465 e. The van der Waals surface area contributed by atoms with Gasteiger partial charge in [-0.05, 0) is 49.4 Å². The Balaban J connectivity index is 1.82. The van der Waals surface area contributed by atoms with Crippen molar-refractivity contribution in [2.75, 3.05) is 13.7 Å². The summed E-state index contributed by atoms with van der Waals surface area (Å²) in [7, 11) is -2.51. The van der Waals surface area contributed by atoms with E-state index in [2.05, 4.69) is 10.1 Å². The highest BCUT2D eigenvalue weighted by Crippen LogP contribution is 2.32. The lowest BCUT2D eigenvalue weighted by Gasteiger charge is -2.11. The molecule has 0 aliphatic carbocycles. The molecule has 0 radical (unpaired) electrons. The second-order valence-corrected chi connectivity index (χ2v) is 8.06. The standard InChI is InChI=1S/C19H17NO5S/c1-24-19(21)12-3-2-4-13(9-12)26(22,23)14-5-6-17-16(10-14)15-7-8-20-11-18(15)25-17/h2-6,9-10,20H,7-8,11H2,1H3. The van der Waals surface area contributed by atoms with Crippen LogP contribution in [-0.2, 0) is 27.5 Å². The summed E-state index contributed by atoms with van der Waals surface area (Å²) in [6, 6.07) is 10.7. The monoisotopic (exact) mass is 371 g/mol. The molecule has 134 valence electrons. The minimum absolute atomic E-state index is 0.0544. The van der Waals surface area contributed by atoms with E-state index in [4.69, 9.17) is 4.42 Å². The summed E-state index contributed by atoms with van der Waals surface area (Å²) in [5, 5.41) is 4.06. The molecule has 26 heavy (non-hydrogen) atoms. The molecule has 7 heteroatoms. The molecular weight excluding hydrogens is 354 g/mol. The van der Waals surface area contributed by atoms with E-state index < -0.39 is 15.8 Å². The molecule has 0 fully saturated rings. The minimum Gasteiger partial charge on any atom is -0.465 e. The Hall–Kier alpha value is -2.64. The van der Waals surface area contributed by atoms with E-state index in [9.17, 15) is 13.2 Å². The van der Waals surface area contributed by atoms with E-state index in [1.54, 1.807) is 12.1 Å². The highest BCUT2D eigenvalue weighted by molar-refractivity contribution is 7.91. The highest BCUT2D eigenvalue weighted by atomic mass is 32.2. The minimum atomic E-state index is -3.76. The van der Waals surface area contributed by atoms with Crippen LogP contribution in [0.2, 0.25) is 0 Å². The predicted molar refractivity (Wildman–Crippen MR) is 94.9 cm³/mol. The average Bonchev–Trinajstić information content (AvgIpc) is 3.05. The number of hydrogen-bond donors (Lipinski definition) is 1. The second kappa shape index (κ2) is 6.26. The summed E-state index contributed by atoms with van der Waals surface area (Å²) in [4.78, 5) is 11.9. The van der Waals surface area contributed by atoms with Crippen molar-refractivity contribution >= 4 is 26.8 Å². The third-order valence-electron chi connectivity index (χ3n) is 4.56. The predicted octanol–water partition coefficient (Wildman–Crippen LogP) is 2.70. The fraction of sp³-hybridized carbons (Fsp3) is 0.211. The zero-order valence-electron chi connectivity index (χ0n) is 14.1. The van der Waals surface area contributed by atoms with Crippen molar-refractivity contribution in [2.45, 2.75) is 22.8 Å². The summed E-state index contributed by atoms with van der Waals surface area (Å²) in [5.74, 6) is 0.280. The molecule has 3 aromatic rings. The molecule has 2 aromatic carbocycles. The number of furan rings is 1. The van der Waals surface area contributed by atoms with Crippen molar-refractivity contribution in [1.82, 2.24) is 5.32 Å². The van der Waals surface area contributed by atoms with Crippen molar-refractivity contribution in [2.24, 2.45) is 0 Å². The van der Waals surface area contributed by atoms with Crippen LogP contribution in [0.1, 0.15) is 21.7 Å². The number of ether oxygens (including phenoxy) is 1. The Morgan fingerprint density at radius 2 is 1.96 bits per heavy atom. The zero-order valence-corrected chi connectivity index (χ0v) is 14.9. The number of fused-ring (bicyclic) bond motifs is 3. The average molecular weight is 371 g/mol. The molecule has 4 rings (SSSR count). The Bertz CT molecular complexity index is 1110. The van der Waals surface area contributed by atoms with E-state index in [1.807, 2.05) is 0 Å². The van der Waals surface area contributed by atoms with E-state index in [0.29, 0.717) is 12.1 Å². The highest BCUT2D eigenvalue weighted by Gasteiger charge is 2.23. The number of carbonyl (C=O) groups excluding carboxylic acids is 1. The van der Waals surface area contributed by atoms with Gasteiger partial charge in [-0.1, -0.05) is 6.07 Å². The van der Waals surface area contributed by atoms with E-state index in [1.165, 1.54) is 37.4 Å². The molecule has 0 atom stereocenters. The van der Waals surface area contributed by atoms with Gasteiger partial charge < -0.3 is 14.5 Å². The number of hydrogen-bond acceptors (Lipinski definition) is 6. The molecule has 6 nitrogen and oxygen atoms in total. The molecule has 1 N–H and O–H groups in total. The number of nitrogens with one attached hydrogen (secondary N) is 1. The van der Waals surface area contributed by atoms with Gasteiger partial charge in [0.15, 0.2) is 0 Å². The molecule has 1 aliphatic rings. The van der Waals surface area contributed by atoms with E-state index in [-0.39, 0.29) is 15.4 Å². The van der Waals surface area contributed by atoms with Gasteiger partial charge >= 0.3 is 5.97 Å². The third-order valence-corrected chi connectivity index (χ3v) is 6.31. The number of esters is 1. The van der Waals surface area contributed by atoms with Gasteiger partial charge in [-0.25, -0.2) is 13.2 Å². The SMILES string of the molecule is COC(=O)c1cccc(S(=O)(=O)c2ccc3oc4c(c3c2)CCNC4)c1. The Morgan fingerprint density at radius 3 is 2.77 bits per heavy atom. The zero-order chi connectivity index (χ0) is 18.3. The summed E-state index contributed by atoms with van der Waals surface area (Å²) in [6.07, 6.45) is 0.795. The van der Waals surface area contributed by atoms with Gasteiger partial charge in [0.1, 0.15) is 11.3 Å². The van der Waals surface area contributed by atoms with Crippen LogP contribution in [0.15, 0.2) is 56.7 Å². The molecule has 0 bridgehead atoms. The number of methoxy groups -OCH3 is 1. The molecule has 0 saturated heterocycles. The maximum atomic E-state index is 13.0. The number of rotatable bonds is 3. The van der Waals surface area contributed by atoms with Crippen LogP contribution in [0.3, 0.4) is 0 Å². The Labute approximate surface area is 150 Å². The lowest BCUT2D eigenvalue weighted by Crippen LogP contribution is -2.22. The van der Waals surface area contributed by atoms with Gasteiger partial charge in [0.25, 0.3) is 0 Å². The Kier molecular flexibility index (Phi) is 4.05. The second-order valence-electron chi connectivity index (χ2n) is 6.11. The van der Waals surface area contributed by atoms with Crippen LogP contribution < -0.4 is 5.32 Å². The fourth-order valence-electron chi connectivity index (χ4n) is 3.22. The molecule has 0 saturated carbocycles. The first-order valence-corrected chi connectivity index (χ1v) is 9.67. The molecule has 0 spiro atoms. The molecule has 0 unspecified atom stereocenters. The van der Waals surface area contributed by atoms with Crippen molar-refractivity contribution in [3.05, 3.63) is 59.4 Å². The van der Waals surface area contributed by atoms with Crippen LogP contribution in [-0.4, -0.2) is 28.0 Å². The number of carbonyl (C=O) groups is 1. The topological polar surface area (TPSA) is 85.6 Å². The molecule has 0 amide bonds. The molecule has 1 aliphatic heterocycles. The normalized spacial score (nSPS) is 14.2. The molecular formula is C19H17NO5S. The van der Waals surface area contributed by atoms with Gasteiger partial charge in [0, 0.05) is 10.9 Å². The lowest BCUT2D eigenvalue weighted by molar-refractivity contribution is 0.0600. The van der Waals surface area contributed by atoms with Crippen LogP contribution in [0.25, 0.3) is 11.0 Å². The van der Waals surface area contributed by atoms with Gasteiger partial charge in [-0.3, -0.25) is 0 Å². The molecule has 1 aromatic heterocycles. The molecule has 2 heterocycles. The smallest absolute Gasteiger partial charge is 0.337 e. The lowest BCUT2D eigenvalue weighted by atomic mass is 10.1. The maximum Gasteiger partial charge on any atom is 0.337 e. The first-order valence-electron chi connectivity index (χ1n) is 8.19. The Morgan fingerprint density at radius 1 is 1.15 bits per heavy atom.